The number of rotatable bonds is 7. The van der Waals surface area contributed by atoms with Crippen LogP contribution in [0, 0.1) is 24.7 Å². The topological polar surface area (TPSA) is 97.6 Å². The molecule has 10 heteroatoms. The molecular formula is C28H23Cl2N7O. The van der Waals surface area contributed by atoms with E-state index in [2.05, 4.69) is 49.2 Å². The van der Waals surface area contributed by atoms with E-state index in [9.17, 15) is 4.79 Å². The molecule has 3 heterocycles. The summed E-state index contributed by atoms with van der Waals surface area (Å²) >= 11 is 13.0. The van der Waals surface area contributed by atoms with Gasteiger partial charge in [-0.1, -0.05) is 41.1 Å². The van der Waals surface area contributed by atoms with Crippen LogP contribution in [0.25, 0.3) is 16.9 Å². The third kappa shape index (κ3) is 5.54. The third-order valence-corrected chi connectivity index (χ3v) is 6.48. The van der Waals surface area contributed by atoms with Crippen molar-refractivity contribution in [1.82, 2.24) is 25.0 Å². The molecule has 0 atom stereocenters. The van der Waals surface area contributed by atoms with E-state index in [0.717, 1.165) is 40.8 Å². The van der Waals surface area contributed by atoms with Crippen LogP contribution in [0.3, 0.4) is 0 Å². The van der Waals surface area contributed by atoms with Crippen molar-refractivity contribution in [1.29, 1.82) is 0 Å². The number of anilines is 2. The number of pyridine rings is 2. The summed E-state index contributed by atoms with van der Waals surface area (Å²) in [5.41, 5.74) is 4.96. The Labute approximate surface area is 230 Å². The fraction of sp³-hybridized carbons (Fsp3) is 0.179. The molecule has 5 rings (SSSR count). The van der Waals surface area contributed by atoms with E-state index in [0.29, 0.717) is 34.6 Å². The Kier molecular flexibility index (Phi) is 7.40. The number of nitrogens with zero attached hydrogens (tertiary/aromatic N) is 5. The molecule has 0 bridgehead atoms. The Morgan fingerprint density at radius 2 is 1.95 bits per heavy atom. The number of halogens is 2. The van der Waals surface area contributed by atoms with E-state index in [1.807, 2.05) is 6.92 Å². The molecule has 0 spiro atoms. The van der Waals surface area contributed by atoms with Gasteiger partial charge in [-0.25, -0.2) is 4.98 Å². The highest BCUT2D eigenvalue weighted by Crippen LogP contribution is 2.37. The second-order valence-electron chi connectivity index (χ2n) is 8.77. The minimum atomic E-state index is -0.388. The first-order valence-electron chi connectivity index (χ1n) is 11.9. The average molecular weight is 544 g/mol. The Hall–Kier alpha value is -4.19. The molecule has 190 valence electrons. The fourth-order valence-corrected chi connectivity index (χ4v) is 4.36. The Morgan fingerprint density at radius 3 is 2.66 bits per heavy atom. The molecule has 38 heavy (non-hydrogen) atoms. The first-order chi connectivity index (χ1) is 18.4. The lowest BCUT2D eigenvalue weighted by molar-refractivity contribution is 0.102. The smallest absolute Gasteiger partial charge is 0.257 e. The zero-order valence-electron chi connectivity index (χ0n) is 20.5. The van der Waals surface area contributed by atoms with Crippen molar-refractivity contribution in [2.45, 2.75) is 19.8 Å². The van der Waals surface area contributed by atoms with Crippen LogP contribution in [0.5, 0.6) is 0 Å². The second-order valence-corrected chi connectivity index (χ2v) is 9.59. The summed E-state index contributed by atoms with van der Waals surface area (Å²) in [7, 11) is 0. The van der Waals surface area contributed by atoms with E-state index in [-0.39, 0.29) is 10.9 Å². The number of benzene rings is 1. The second kappa shape index (κ2) is 11.1. The van der Waals surface area contributed by atoms with Crippen LogP contribution >= 0.6 is 23.2 Å². The van der Waals surface area contributed by atoms with Gasteiger partial charge in [-0.15, -0.1) is 11.4 Å². The van der Waals surface area contributed by atoms with E-state index >= 15 is 0 Å². The van der Waals surface area contributed by atoms with Crippen LogP contribution < -0.4 is 10.6 Å². The van der Waals surface area contributed by atoms with Gasteiger partial charge < -0.3 is 10.6 Å². The van der Waals surface area contributed by atoms with Crippen molar-refractivity contribution in [3.8, 4) is 28.8 Å². The summed E-state index contributed by atoms with van der Waals surface area (Å²) in [5.74, 6) is 7.02. The predicted octanol–water partition coefficient (Wildman–Crippen LogP) is 5.95. The molecule has 0 radical (unpaired) electrons. The number of aromatic nitrogens is 5. The number of hydrogen-bond acceptors (Lipinski definition) is 6. The monoisotopic (exact) mass is 543 g/mol. The molecule has 8 nitrogen and oxygen atoms in total. The molecule has 0 saturated heterocycles. The van der Waals surface area contributed by atoms with Crippen molar-refractivity contribution in [2.24, 2.45) is 5.92 Å². The maximum atomic E-state index is 13.2. The quantitative estimate of drug-likeness (QED) is 0.221. The predicted molar refractivity (Wildman–Crippen MR) is 150 cm³/mol. The van der Waals surface area contributed by atoms with Crippen molar-refractivity contribution in [3.63, 3.8) is 0 Å². The molecule has 1 aromatic carbocycles. The maximum absolute atomic E-state index is 13.2. The van der Waals surface area contributed by atoms with E-state index < -0.39 is 0 Å². The molecule has 1 saturated carbocycles. The third-order valence-electron chi connectivity index (χ3n) is 5.89. The summed E-state index contributed by atoms with van der Waals surface area (Å²) in [6.07, 6.45) is 12.1. The molecule has 1 aliphatic carbocycles. The number of amides is 1. The number of carbonyl (C=O) groups is 1. The van der Waals surface area contributed by atoms with Gasteiger partial charge in [0.15, 0.2) is 5.82 Å². The number of carbonyl (C=O) groups excluding carboxylic acids is 1. The average Bonchev–Trinajstić information content (AvgIpc) is 3.58. The highest BCUT2D eigenvalue weighted by atomic mass is 35.5. The SMILES string of the molecule is C=CCNc1cncc(C#CC2CC2)c1-c1cc(Cl)c(C(=O)Nc2cnc(-n3nccn3)c(Cl)c2)cc1C. The number of hydrogen-bond donors (Lipinski definition) is 2. The van der Waals surface area contributed by atoms with Crippen LogP contribution in [0.4, 0.5) is 11.4 Å². The van der Waals surface area contributed by atoms with Gasteiger partial charge in [0.05, 0.1) is 57.3 Å². The molecule has 0 unspecified atom stereocenters. The zero-order valence-corrected chi connectivity index (χ0v) is 22.0. The first-order valence-corrected chi connectivity index (χ1v) is 12.7. The molecule has 3 aromatic heterocycles. The fourth-order valence-electron chi connectivity index (χ4n) is 3.86. The summed E-state index contributed by atoms with van der Waals surface area (Å²) in [5, 5.41) is 14.8. The molecule has 0 aliphatic heterocycles. The van der Waals surface area contributed by atoms with Gasteiger partial charge in [0.25, 0.3) is 5.91 Å². The van der Waals surface area contributed by atoms with Crippen LogP contribution in [0.2, 0.25) is 10.0 Å². The van der Waals surface area contributed by atoms with Gasteiger partial charge >= 0.3 is 0 Å². The highest BCUT2D eigenvalue weighted by Gasteiger charge is 2.20. The van der Waals surface area contributed by atoms with E-state index in [1.165, 1.54) is 23.4 Å². The summed E-state index contributed by atoms with van der Waals surface area (Å²) in [6.45, 7) is 6.29. The van der Waals surface area contributed by atoms with Gasteiger partial charge in [-0.05, 0) is 49.1 Å². The molecule has 1 fully saturated rings. The standard InChI is InChI=1S/C28H23Cl2N7O/c1-3-8-32-25-16-31-14-19(7-6-18-4-5-18)26(25)21-13-23(29)22(11-17(21)2)28(38)36-20-12-24(30)27(33-15-20)37-34-9-10-35-37/h3,9-16,18,32H,1,4-5,8H2,2H3,(H,36,38). The summed E-state index contributed by atoms with van der Waals surface area (Å²) < 4.78 is 0. The van der Waals surface area contributed by atoms with Crippen molar-refractivity contribution >= 4 is 40.5 Å². The van der Waals surface area contributed by atoms with Crippen molar-refractivity contribution < 1.29 is 4.79 Å². The molecule has 4 aromatic rings. The molecular weight excluding hydrogens is 521 g/mol. The normalized spacial score (nSPS) is 12.4. The van der Waals surface area contributed by atoms with Crippen LogP contribution in [0.15, 0.2) is 61.8 Å². The van der Waals surface area contributed by atoms with Gasteiger partial charge in [0.2, 0.25) is 0 Å². The largest absolute Gasteiger partial charge is 0.380 e. The van der Waals surface area contributed by atoms with Crippen LogP contribution in [-0.4, -0.2) is 37.4 Å². The van der Waals surface area contributed by atoms with Crippen LogP contribution in [0.1, 0.15) is 34.3 Å². The summed E-state index contributed by atoms with van der Waals surface area (Å²) in [6, 6.07) is 5.14. The van der Waals surface area contributed by atoms with Gasteiger partial charge in [-0.3, -0.25) is 9.78 Å². The number of nitrogens with one attached hydrogen (secondary N) is 2. The zero-order chi connectivity index (χ0) is 26.6. The minimum Gasteiger partial charge on any atom is -0.380 e. The number of aryl methyl sites for hydroxylation is 1. The van der Waals surface area contributed by atoms with E-state index in [4.69, 9.17) is 23.2 Å². The Bertz CT molecular complexity index is 1580. The summed E-state index contributed by atoms with van der Waals surface area (Å²) in [4.78, 5) is 23.1. The lowest BCUT2D eigenvalue weighted by atomic mass is 9.94. The minimum absolute atomic E-state index is 0.286. The van der Waals surface area contributed by atoms with Crippen LogP contribution in [-0.2, 0) is 0 Å². The highest BCUT2D eigenvalue weighted by molar-refractivity contribution is 6.35. The van der Waals surface area contributed by atoms with Crippen molar-refractivity contribution in [2.75, 3.05) is 17.2 Å². The van der Waals surface area contributed by atoms with Crippen molar-refractivity contribution in [3.05, 3.63) is 88.6 Å². The van der Waals surface area contributed by atoms with Gasteiger partial charge in [0, 0.05) is 24.2 Å². The Morgan fingerprint density at radius 1 is 1.16 bits per heavy atom. The molecule has 2 N–H and O–H groups in total. The van der Waals surface area contributed by atoms with Gasteiger partial charge in [-0.2, -0.15) is 10.2 Å². The lowest BCUT2D eigenvalue weighted by Crippen LogP contribution is -2.14. The van der Waals surface area contributed by atoms with Gasteiger partial charge in [0.1, 0.15) is 0 Å². The first kappa shape index (κ1) is 25.5. The lowest BCUT2D eigenvalue weighted by Gasteiger charge is -2.17. The molecule has 1 aliphatic rings. The molecule has 1 amide bonds. The Balaban J connectivity index is 1.46. The maximum Gasteiger partial charge on any atom is 0.257 e. The van der Waals surface area contributed by atoms with E-state index in [1.54, 1.807) is 36.7 Å².